The molecule has 6 rings (SSSR count). The van der Waals surface area contributed by atoms with E-state index in [0.29, 0.717) is 43.9 Å². The van der Waals surface area contributed by atoms with Crippen LogP contribution in [0.15, 0.2) is 59.9 Å². The first-order chi connectivity index (χ1) is 18.3. The van der Waals surface area contributed by atoms with Gasteiger partial charge >= 0.3 is 6.18 Å². The molecule has 5 heterocycles. The second-order valence-electron chi connectivity index (χ2n) is 8.99. The Morgan fingerprint density at radius 2 is 1.87 bits per heavy atom. The van der Waals surface area contributed by atoms with Crippen molar-refractivity contribution in [2.24, 2.45) is 0 Å². The summed E-state index contributed by atoms with van der Waals surface area (Å²) in [6, 6.07) is 9.70. The van der Waals surface area contributed by atoms with Crippen molar-refractivity contribution in [2.75, 3.05) is 42.5 Å². The van der Waals surface area contributed by atoms with Gasteiger partial charge in [-0.05, 0) is 60.3 Å². The number of hydrogen-bond acceptors (Lipinski definition) is 7. The number of fused-ring (bicyclic) bond motifs is 2. The first-order valence-electron chi connectivity index (χ1n) is 11.9. The van der Waals surface area contributed by atoms with Crippen LogP contribution in [-0.2, 0) is 12.6 Å². The molecule has 1 fully saturated rings. The van der Waals surface area contributed by atoms with Gasteiger partial charge in [0, 0.05) is 55.7 Å². The van der Waals surface area contributed by atoms with Gasteiger partial charge in [0.2, 0.25) is 0 Å². The number of rotatable bonds is 4. The number of nitrogens with zero attached hydrogens (tertiary/aromatic N) is 7. The third kappa shape index (κ3) is 4.79. The van der Waals surface area contributed by atoms with Crippen LogP contribution in [0.1, 0.15) is 21.5 Å². The maximum absolute atomic E-state index is 13.3. The Bertz CT molecular complexity index is 1520. The lowest BCUT2D eigenvalue weighted by atomic mass is 10.2. The number of carbonyl (C=O) groups excluding carboxylic acids is 1. The summed E-state index contributed by atoms with van der Waals surface area (Å²) in [7, 11) is 0. The lowest BCUT2D eigenvalue weighted by molar-refractivity contribution is -0.137. The molecule has 1 saturated heterocycles. The molecule has 1 aromatic carbocycles. The van der Waals surface area contributed by atoms with Crippen molar-refractivity contribution in [1.29, 1.82) is 0 Å². The van der Waals surface area contributed by atoms with E-state index < -0.39 is 11.7 Å². The molecule has 196 valence electrons. The number of anilines is 2. The van der Waals surface area contributed by atoms with Gasteiger partial charge in [-0.25, -0.2) is 18.8 Å². The second-order valence-corrected chi connectivity index (χ2v) is 10.5. The van der Waals surface area contributed by atoms with Crippen LogP contribution in [0.25, 0.3) is 5.65 Å². The average molecular weight is 560 g/mol. The molecule has 0 spiro atoms. The van der Waals surface area contributed by atoms with E-state index in [1.54, 1.807) is 46.0 Å². The van der Waals surface area contributed by atoms with E-state index in [1.165, 1.54) is 0 Å². The highest BCUT2D eigenvalue weighted by molar-refractivity contribution is 7.97. The standard InChI is InChI=1S/C25H21ClF3N7OS/c26-21-13-17(25(27,28)29)14-22(32-21)33-8-10-34(11-9-33)38-18-2-3-20-16(12-18)4-7-35(20)24(37)19-15-31-36-6-1-5-30-23(19)36/h1-3,5-6,12-15H,4,7-11H2. The summed E-state index contributed by atoms with van der Waals surface area (Å²) in [5.74, 6) is 0.107. The SMILES string of the molecule is O=C(c1cnn2cccnc12)N1CCc2cc(SN3CCN(c4cc(C(F)(F)F)cc(Cl)n4)CC3)ccc21. The van der Waals surface area contributed by atoms with Crippen LogP contribution in [0, 0.1) is 0 Å². The maximum Gasteiger partial charge on any atom is 0.416 e. The first kappa shape index (κ1) is 25.0. The fourth-order valence-electron chi connectivity index (χ4n) is 4.74. The van der Waals surface area contributed by atoms with Gasteiger partial charge in [0.15, 0.2) is 5.65 Å². The topological polar surface area (TPSA) is 69.9 Å². The third-order valence-electron chi connectivity index (χ3n) is 6.61. The Kier molecular flexibility index (Phi) is 6.40. The molecule has 0 unspecified atom stereocenters. The lowest BCUT2D eigenvalue weighted by Gasteiger charge is -2.34. The highest BCUT2D eigenvalue weighted by atomic mass is 35.5. The van der Waals surface area contributed by atoms with E-state index in [2.05, 4.69) is 25.4 Å². The van der Waals surface area contributed by atoms with Crippen molar-refractivity contribution in [3.63, 3.8) is 0 Å². The van der Waals surface area contributed by atoms with Gasteiger partial charge in [-0.1, -0.05) is 11.6 Å². The van der Waals surface area contributed by atoms with Crippen LogP contribution in [0.4, 0.5) is 24.7 Å². The number of piperazine rings is 1. The zero-order chi connectivity index (χ0) is 26.4. The van der Waals surface area contributed by atoms with Gasteiger partial charge in [0.25, 0.3) is 5.91 Å². The van der Waals surface area contributed by atoms with E-state index in [1.807, 2.05) is 17.0 Å². The number of carbonyl (C=O) groups is 1. The quantitative estimate of drug-likeness (QED) is 0.262. The molecule has 4 aromatic rings. The van der Waals surface area contributed by atoms with Gasteiger partial charge in [0.05, 0.1) is 11.8 Å². The number of benzene rings is 1. The van der Waals surface area contributed by atoms with Crippen molar-refractivity contribution in [3.8, 4) is 0 Å². The van der Waals surface area contributed by atoms with Gasteiger partial charge < -0.3 is 9.80 Å². The molecule has 0 radical (unpaired) electrons. The minimum Gasteiger partial charge on any atom is -0.354 e. The van der Waals surface area contributed by atoms with Gasteiger partial charge in [0.1, 0.15) is 16.5 Å². The molecule has 3 aromatic heterocycles. The molecule has 8 nitrogen and oxygen atoms in total. The number of halogens is 4. The minimum absolute atomic E-state index is 0.128. The predicted octanol–water partition coefficient (Wildman–Crippen LogP) is 4.83. The Labute approximate surface area is 225 Å². The first-order valence-corrected chi connectivity index (χ1v) is 13.1. The molecule has 1 amide bonds. The third-order valence-corrected chi connectivity index (χ3v) is 7.89. The molecular weight excluding hydrogens is 539 g/mol. The zero-order valence-corrected chi connectivity index (χ0v) is 21.5. The molecule has 2 aliphatic rings. The van der Waals surface area contributed by atoms with Crippen LogP contribution >= 0.6 is 23.5 Å². The molecule has 0 bridgehead atoms. The largest absolute Gasteiger partial charge is 0.416 e. The van der Waals surface area contributed by atoms with Crippen LogP contribution < -0.4 is 9.80 Å². The predicted molar refractivity (Wildman–Crippen MR) is 139 cm³/mol. The van der Waals surface area contributed by atoms with Crippen LogP contribution in [0.2, 0.25) is 5.15 Å². The molecule has 0 N–H and O–H groups in total. The number of hydrogen-bond donors (Lipinski definition) is 0. The number of amides is 1. The Morgan fingerprint density at radius 1 is 1.05 bits per heavy atom. The van der Waals surface area contributed by atoms with Crippen molar-refractivity contribution >= 4 is 46.6 Å². The molecule has 0 saturated carbocycles. The lowest BCUT2D eigenvalue weighted by Crippen LogP contribution is -2.43. The fourth-order valence-corrected chi connectivity index (χ4v) is 5.91. The van der Waals surface area contributed by atoms with Crippen LogP contribution in [0.5, 0.6) is 0 Å². The minimum atomic E-state index is -4.48. The highest BCUT2D eigenvalue weighted by Gasteiger charge is 2.33. The van der Waals surface area contributed by atoms with Gasteiger partial charge in [-0.2, -0.15) is 18.3 Å². The van der Waals surface area contributed by atoms with Gasteiger partial charge in [-0.15, -0.1) is 0 Å². The fraction of sp³-hybridized carbons (Fsp3) is 0.280. The number of alkyl halides is 3. The molecule has 38 heavy (non-hydrogen) atoms. The Balaban J connectivity index is 1.11. The molecule has 0 atom stereocenters. The van der Waals surface area contributed by atoms with Crippen molar-refractivity contribution in [2.45, 2.75) is 17.5 Å². The van der Waals surface area contributed by atoms with Crippen molar-refractivity contribution < 1.29 is 18.0 Å². The van der Waals surface area contributed by atoms with E-state index in [0.717, 1.165) is 34.7 Å². The maximum atomic E-state index is 13.3. The molecule has 2 aliphatic heterocycles. The summed E-state index contributed by atoms with van der Waals surface area (Å²) in [6.07, 6.45) is 1.22. The normalized spacial score (nSPS) is 16.3. The second kappa shape index (κ2) is 9.75. The Morgan fingerprint density at radius 3 is 2.66 bits per heavy atom. The summed E-state index contributed by atoms with van der Waals surface area (Å²) in [4.78, 5) is 26.3. The molecule has 13 heteroatoms. The molecular formula is C25H21ClF3N7OS. The van der Waals surface area contributed by atoms with E-state index in [4.69, 9.17) is 11.6 Å². The van der Waals surface area contributed by atoms with E-state index in [9.17, 15) is 18.0 Å². The monoisotopic (exact) mass is 559 g/mol. The molecule has 0 aliphatic carbocycles. The van der Waals surface area contributed by atoms with Gasteiger partial charge in [-0.3, -0.25) is 4.79 Å². The van der Waals surface area contributed by atoms with E-state index >= 15 is 0 Å². The highest BCUT2D eigenvalue weighted by Crippen LogP contribution is 2.36. The van der Waals surface area contributed by atoms with Crippen LogP contribution in [0.3, 0.4) is 0 Å². The summed E-state index contributed by atoms with van der Waals surface area (Å²) in [5, 5.41) is 4.05. The Hall–Kier alpha value is -3.35. The number of pyridine rings is 1. The summed E-state index contributed by atoms with van der Waals surface area (Å²) >= 11 is 7.46. The summed E-state index contributed by atoms with van der Waals surface area (Å²) < 4.78 is 43.3. The smallest absolute Gasteiger partial charge is 0.354 e. The average Bonchev–Trinajstić information content (AvgIpc) is 3.52. The zero-order valence-electron chi connectivity index (χ0n) is 19.9. The number of aromatic nitrogens is 4. The van der Waals surface area contributed by atoms with Crippen LogP contribution in [-0.4, -0.2) is 62.5 Å². The van der Waals surface area contributed by atoms with E-state index in [-0.39, 0.29) is 16.9 Å². The van der Waals surface area contributed by atoms with Crippen molar-refractivity contribution in [1.82, 2.24) is 23.9 Å². The summed E-state index contributed by atoms with van der Waals surface area (Å²) in [6.45, 7) is 2.92. The van der Waals surface area contributed by atoms with Crippen molar-refractivity contribution in [3.05, 3.63) is 76.8 Å². The summed E-state index contributed by atoms with van der Waals surface area (Å²) in [5.41, 5.74) is 2.17.